The number of carbonyl (C=O) groups excluding carboxylic acids is 2. The van der Waals surface area contributed by atoms with E-state index in [0.717, 1.165) is 23.1 Å². The molecular formula is C29H31FO4. The van der Waals surface area contributed by atoms with Crippen molar-refractivity contribution >= 4 is 11.6 Å². The zero-order chi connectivity index (χ0) is 24.2. The van der Waals surface area contributed by atoms with Crippen LogP contribution in [0.5, 0.6) is 5.75 Å². The number of fused-ring (bicyclic) bond motifs is 1. The second-order valence-corrected chi connectivity index (χ2v) is 9.45. The zero-order valence-electron chi connectivity index (χ0n) is 20.0. The van der Waals surface area contributed by atoms with Crippen LogP contribution < -0.4 is 4.74 Å². The van der Waals surface area contributed by atoms with Gasteiger partial charge >= 0.3 is 0 Å². The summed E-state index contributed by atoms with van der Waals surface area (Å²) in [4.78, 5) is 25.2. The lowest BCUT2D eigenvalue weighted by molar-refractivity contribution is -0.125. The second kappa shape index (κ2) is 10.4. The molecular weight excluding hydrogens is 431 g/mol. The molecule has 2 aliphatic rings. The van der Waals surface area contributed by atoms with Crippen LogP contribution in [0.4, 0.5) is 4.39 Å². The Morgan fingerprint density at radius 3 is 2.79 bits per heavy atom. The number of hydrogen-bond acceptors (Lipinski definition) is 4. The molecule has 0 saturated heterocycles. The highest BCUT2D eigenvalue weighted by molar-refractivity contribution is 5.96. The summed E-state index contributed by atoms with van der Waals surface area (Å²) in [6.07, 6.45) is 8.08. The molecule has 0 spiro atoms. The van der Waals surface area contributed by atoms with E-state index < -0.39 is 0 Å². The Hall–Kier alpha value is -3.21. The molecule has 1 aliphatic heterocycles. The first-order chi connectivity index (χ1) is 16.3. The number of aryl methyl sites for hydroxylation is 2. The number of carbonyl (C=O) groups is 2. The molecule has 0 N–H and O–H groups in total. The largest absolute Gasteiger partial charge is 0.489 e. The molecule has 178 valence electrons. The first kappa shape index (κ1) is 23.9. The van der Waals surface area contributed by atoms with Crippen molar-refractivity contribution in [1.82, 2.24) is 0 Å². The number of allylic oxidation sites excluding steroid dienone is 4. The quantitative estimate of drug-likeness (QED) is 0.498. The topological polar surface area (TPSA) is 52.6 Å². The zero-order valence-corrected chi connectivity index (χ0v) is 20.0. The van der Waals surface area contributed by atoms with Crippen molar-refractivity contribution < 1.29 is 23.5 Å². The van der Waals surface area contributed by atoms with Gasteiger partial charge in [0.05, 0.1) is 0 Å². The van der Waals surface area contributed by atoms with Crippen molar-refractivity contribution in [3.63, 3.8) is 0 Å². The highest BCUT2D eigenvalue weighted by Crippen LogP contribution is 2.31. The van der Waals surface area contributed by atoms with Gasteiger partial charge in [-0.1, -0.05) is 37.3 Å². The third kappa shape index (κ3) is 5.64. The molecule has 0 aromatic heterocycles. The molecule has 5 heteroatoms. The highest BCUT2D eigenvalue weighted by atomic mass is 19.1. The minimum Gasteiger partial charge on any atom is -0.489 e. The molecule has 0 radical (unpaired) electrons. The van der Waals surface area contributed by atoms with Gasteiger partial charge in [0.1, 0.15) is 24.3 Å². The van der Waals surface area contributed by atoms with E-state index in [0.29, 0.717) is 42.9 Å². The van der Waals surface area contributed by atoms with Gasteiger partial charge in [-0.2, -0.15) is 0 Å². The lowest BCUT2D eigenvalue weighted by atomic mass is 9.81. The van der Waals surface area contributed by atoms with Crippen molar-refractivity contribution in [3.8, 4) is 5.75 Å². The molecule has 0 saturated carbocycles. The Kier molecular flexibility index (Phi) is 7.30. The van der Waals surface area contributed by atoms with E-state index in [-0.39, 0.29) is 35.3 Å². The molecule has 2 aromatic rings. The first-order valence-electron chi connectivity index (χ1n) is 11.9. The first-order valence-corrected chi connectivity index (χ1v) is 11.9. The van der Waals surface area contributed by atoms with Gasteiger partial charge < -0.3 is 9.47 Å². The fourth-order valence-corrected chi connectivity index (χ4v) is 4.75. The van der Waals surface area contributed by atoms with Crippen molar-refractivity contribution in [2.75, 3.05) is 6.61 Å². The molecule has 4 nitrogen and oxygen atoms in total. The second-order valence-electron chi connectivity index (χ2n) is 9.45. The van der Waals surface area contributed by atoms with Gasteiger partial charge in [0.2, 0.25) is 5.78 Å². The van der Waals surface area contributed by atoms with Crippen LogP contribution in [-0.4, -0.2) is 24.3 Å². The average Bonchev–Trinajstić information content (AvgIpc) is 2.79. The molecule has 3 atom stereocenters. The third-order valence-electron chi connectivity index (χ3n) is 6.64. The molecule has 4 rings (SSSR count). The van der Waals surface area contributed by atoms with Crippen molar-refractivity contribution in [2.45, 2.75) is 52.6 Å². The van der Waals surface area contributed by atoms with E-state index in [1.165, 1.54) is 13.0 Å². The summed E-state index contributed by atoms with van der Waals surface area (Å²) in [7, 11) is 0. The maximum atomic E-state index is 13.8. The monoisotopic (exact) mass is 462 g/mol. The fourth-order valence-electron chi connectivity index (χ4n) is 4.75. The van der Waals surface area contributed by atoms with Gasteiger partial charge in [-0.05, 0) is 80.0 Å². The van der Waals surface area contributed by atoms with Crippen LogP contribution in [0.15, 0.2) is 60.4 Å². The average molecular weight is 463 g/mol. The molecule has 1 heterocycles. The standard InChI is InChI=1S/C29H31FO4/c1-18-12-21(14-24(30)13-18)8-11-26-19(2)6-4-5-7-27(29(26)32)34-25-15-23-10-9-22(20(3)31)16-28(23)33-17-25/h4-5,7,9-10,12-14,16,19,25-26H,6,8,11,15,17H2,1-3H3/b5-4+,27-7+/t19?,25?,26-/m1/s1. The lowest BCUT2D eigenvalue weighted by Gasteiger charge is -2.29. The number of rotatable bonds is 6. The number of ketones is 2. The summed E-state index contributed by atoms with van der Waals surface area (Å²) in [5.41, 5.74) is 3.37. The van der Waals surface area contributed by atoms with E-state index in [1.807, 2.05) is 25.1 Å². The lowest BCUT2D eigenvalue weighted by Crippen LogP contribution is -2.33. The summed E-state index contributed by atoms with van der Waals surface area (Å²) in [5, 5.41) is 0. The van der Waals surface area contributed by atoms with E-state index in [1.54, 1.807) is 24.3 Å². The molecule has 34 heavy (non-hydrogen) atoms. The van der Waals surface area contributed by atoms with Crippen molar-refractivity contribution in [3.05, 3.63) is 88.5 Å². The Bertz CT molecular complexity index is 1130. The molecule has 1 aliphatic carbocycles. The maximum Gasteiger partial charge on any atom is 0.200 e. The smallest absolute Gasteiger partial charge is 0.200 e. The normalized spacial score (nSPS) is 24.6. The van der Waals surface area contributed by atoms with Gasteiger partial charge in [0.15, 0.2) is 11.5 Å². The Labute approximate surface area is 200 Å². The molecule has 2 aromatic carbocycles. The molecule has 0 amide bonds. The van der Waals surface area contributed by atoms with Crippen LogP contribution in [0.2, 0.25) is 0 Å². The predicted octanol–water partition coefficient (Wildman–Crippen LogP) is 5.95. The van der Waals surface area contributed by atoms with Crippen LogP contribution in [0.1, 0.15) is 53.7 Å². The summed E-state index contributed by atoms with van der Waals surface area (Å²) in [5.74, 6) is 0.724. The minimum atomic E-state index is -0.291. The molecule has 0 bridgehead atoms. The fraction of sp³-hybridized carbons (Fsp3) is 0.379. The Morgan fingerprint density at radius 2 is 2.03 bits per heavy atom. The van der Waals surface area contributed by atoms with Gasteiger partial charge in [-0.15, -0.1) is 0 Å². The van der Waals surface area contributed by atoms with Crippen LogP contribution in [0.25, 0.3) is 0 Å². The highest BCUT2D eigenvalue weighted by Gasteiger charge is 2.31. The van der Waals surface area contributed by atoms with Gasteiger partial charge in [-0.25, -0.2) is 4.39 Å². The van der Waals surface area contributed by atoms with Crippen LogP contribution in [0, 0.1) is 24.6 Å². The third-order valence-corrected chi connectivity index (χ3v) is 6.64. The van der Waals surface area contributed by atoms with Gasteiger partial charge in [-0.3, -0.25) is 9.59 Å². The van der Waals surface area contributed by atoms with Gasteiger partial charge in [0.25, 0.3) is 0 Å². The summed E-state index contributed by atoms with van der Waals surface area (Å²) in [6, 6.07) is 10.5. The number of halogens is 1. The number of benzene rings is 2. The van der Waals surface area contributed by atoms with Crippen LogP contribution in [-0.2, 0) is 22.4 Å². The van der Waals surface area contributed by atoms with E-state index in [9.17, 15) is 14.0 Å². The van der Waals surface area contributed by atoms with Crippen molar-refractivity contribution in [2.24, 2.45) is 11.8 Å². The summed E-state index contributed by atoms with van der Waals surface area (Å²) >= 11 is 0. The van der Waals surface area contributed by atoms with E-state index in [2.05, 4.69) is 13.0 Å². The van der Waals surface area contributed by atoms with Crippen LogP contribution in [0.3, 0.4) is 0 Å². The predicted molar refractivity (Wildman–Crippen MR) is 129 cm³/mol. The van der Waals surface area contributed by atoms with E-state index in [4.69, 9.17) is 9.47 Å². The van der Waals surface area contributed by atoms with Crippen LogP contribution >= 0.6 is 0 Å². The SMILES string of the molecule is CC(=O)c1ccc2c(c1)OCC(O/C1=C/C=C/CC(C)[C@@H](CCc3cc(C)cc(F)c3)C1=O)C2. The minimum absolute atomic E-state index is 0.00426. The summed E-state index contributed by atoms with van der Waals surface area (Å²) < 4.78 is 25.9. The number of hydrogen-bond donors (Lipinski definition) is 0. The van der Waals surface area contributed by atoms with Gasteiger partial charge in [0, 0.05) is 17.9 Å². The number of Topliss-reactive ketones (excluding diaryl/α,β-unsaturated/α-hetero) is 2. The Balaban J connectivity index is 1.46. The summed E-state index contributed by atoms with van der Waals surface area (Å²) in [6.45, 7) is 5.80. The number of ether oxygens (including phenoxy) is 2. The Morgan fingerprint density at radius 1 is 1.21 bits per heavy atom. The molecule has 0 fully saturated rings. The van der Waals surface area contributed by atoms with Crippen molar-refractivity contribution in [1.29, 1.82) is 0 Å². The molecule has 2 unspecified atom stereocenters. The van der Waals surface area contributed by atoms with E-state index >= 15 is 0 Å². The maximum absolute atomic E-state index is 13.8.